The van der Waals surface area contributed by atoms with Gasteiger partial charge in [-0.3, -0.25) is 19.8 Å². The van der Waals surface area contributed by atoms with E-state index >= 15 is 0 Å². The van der Waals surface area contributed by atoms with Crippen molar-refractivity contribution in [2.24, 2.45) is 5.41 Å². The van der Waals surface area contributed by atoms with Gasteiger partial charge in [0.2, 0.25) is 5.91 Å². The topological polar surface area (TPSA) is 66.7 Å². The molecule has 1 atom stereocenters. The number of hydrogen-bond acceptors (Lipinski definition) is 4. The number of piperazine rings is 1. The number of halogens is 1. The molecule has 0 saturated carbocycles. The van der Waals surface area contributed by atoms with Crippen LogP contribution >= 0.6 is 0 Å². The summed E-state index contributed by atoms with van der Waals surface area (Å²) in [7, 11) is 0. The molecule has 2 rings (SSSR count). The number of carbonyl (C=O) groups is 1. The van der Waals surface area contributed by atoms with E-state index in [0.717, 1.165) is 12.5 Å². The van der Waals surface area contributed by atoms with Gasteiger partial charge in [0.15, 0.2) is 0 Å². The van der Waals surface area contributed by atoms with Crippen LogP contribution < -0.4 is 0 Å². The van der Waals surface area contributed by atoms with E-state index in [-0.39, 0.29) is 23.1 Å². The van der Waals surface area contributed by atoms with E-state index in [1.165, 1.54) is 6.07 Å². The minimum Gasteiger partial charge on any atom is -0.337 e. The molecule has 27 heavy (non-hydrogen) atoms. The van der Waals surface area contributed by atoms with Gasteiger partial charge >= 0.3 is 0 Å². The molecule has 0 radical (unpaired) electrons. The quantitative estimate of drug-likeness (QED) is 0.575. The lowest BCUT2D eigenvalue weighted by atomic mass is 9.90. The van der Waals surface area contributed by atoms with Gasteiger partial charge in [0.05, 0.1) is 11.0 Å². The second kappa shape index (κ2) is 8.33. The summed E-state index contributed by atoms with van der Waals surface area (Å²) >= 11 is 0. The molecule has 1 saturated heterocycles. The Morgan fingerprint density at radius 3 is 2.56 bits per heavy atom. The highest BCUT2D eigenvalue weighted by Crippen LogP contribution is 2.26. The maximum absolute atomic E-state index is 13.8. The number of benzene rings is 1. The van der Waals surface area contributed by atoms with Gasteiger partial charge in [-0.05, 0) is 37.3 Å². The first-order valence-corrected chi connectivity index (χ1v) is 9.43. The lowest BCUT2D eigenvalue weighted by Crippen LogP contribution is -2.53. The van der Waals surface area contributed by atoms with Crippen molar-refractivity contribution in [2.75, 3.05) is 19.6 Å². The van der Waals surface area contributed by atoms with Crippen LogP contribution in [-0.2, 0) is 11.3 Å². The Labute approximate surface area is 160 Å². The molecule has 1 aromatic rings. The predicted molar refractivity (Wildman–Crippen MR) is 103 cm³/mol. The SMILES string of the molecule is Cc1c(CN2CCN(C(=O)CCC(C)(C)C)[C@@H](C)C2)cc(F)cc1[N+](=O)[O-]. The molecule has 1 aromatic carbocycles. The first-order chi connectivity index (χ1) is 12.5. The molecule has 7 heteroatoms. The van der Waals surface area contributed by atoms with Crippen molar-refractivity contribution in [1.82, 2.24) is 9.80 Å². The summed E-state index contributed by atoms with van der Waals surface area (Å²) < 4.78 is 13.8. The molecule has 150 valence electrons. The average molecular weight is 379 g/mol. The molecule has 1 aliphatic rings. The Hall–Kier alpha value is -2.02. The number of amides is 1. The molecule has 0 unspecified atom stereocenters. The van der Waals surface area contributed by atoms with Crippen molar-refractivity contribution < 1.29 is 14.1 Å². The highest BCUT2D eigenvalue weighted by atomic mass is 19.1. The van der Waals surface area contributed by atoms with E-state index in [1.807, 2.05) is 11.8 Å². The molecule has 0 spiro atoms. The molecule has 0 N–H and O–H groups in total. The smallest absolute Gasteiger partial charge is 0.275 e. The first kappa shape index (κ1) is 21.3. The lowest BCUT2D eigenvalue weighted by Gasteiger charge is -2.40. The third-order valence-electron chi connectivity index (χ3n) is 5.16. The maximum atomic E-state index is 13.8. The molecule has 0 aliphatic carbocycles. The highest BCUT2D eigenvalue weighted by molar-refractivity contribution is 5.76. The molecular formula is C20H30FN3O3. The molecule has 1 heterocycles. The molecule has 0 aromatic heterocycles. The van der Waals surface area contributed by atoms with Crippen molar-refractivity contribution in [3.63, 3.8) is 0 Å². The Balaban J connectivity index is 2.01. The van der Waals surface area contributed by atoms with E-state index < -0.39 is 10.7 Å². The van der Waals surface area contributed by atoms with Crippen LogP contribution in [0, 0.1) is 28.3 Å². The molecule has 1 fully saturated rings. The van der Waals surface area contributed by atoms with Gasteiger partial charge in [0.1, 0.15) is 5.82 Å². The third-order valence-corrected chi connectivity index (χ3v) is 5.16. The normalized spacial score (nSPS) is 18.6. The van der Waals surface area contributed by atoms with Gasteiger partial charge in [-0.1, -0.05) is 20.8 Å². The fourth-order valence-corrected chi connectivity index (χ4v) is 3.49. The van der Waals surface area contributed by atoms with E-state index in [2.05, 4.69) is 25.7 Å². The van der Waals surface area contributed by atoms with Crippen molar-refractivity contribution in [2.45, 2.75) is 60.0 Å². The largest absolute Gasteiger partial charge is 0.337 e. The van der Waals surface area contributed by atoms with E-state index in [9.17, 15) is 19.3 Å². The zero-order chi connectivity index (χ0) is 20.4. The summed E-state index contributed by atoms with van der Waals surface area (Å²) in [5, 5.41) is 11.1. The summed E-state index contributed by atoms with van der Waals surface area (Å²) in [5.41, 5.74) is 1.07. The summed E-state index contributed by atoms with van der Waals surface area (Å²) in [6, 6.07) is 2.40. The minimum absolute atomic E-state index is 0.0649. The van der Waals surface area contributed by atoms with Gasteiger partial charge in [0.25, 0.3) is 5.69 Å². The van der Waals surface area contributed by atoms with Crippen molar-refractivity contribution in [3.8, 4) is 0 Å². The summed E-state index contributed by atoms with van der Waals surface area (Å²) in [6.45, 7) is 12.5. The van der Waals surface area contributed by atoms with E-state index in [0.29, 0.717) is 43.7 Å². The first-order valence-electron chi connectivity index (χ1n) is 9.43. The van der Waals surface area contributed by atoms with Crippen LogP contribution in [0.5, 0.6) is 0 Å². The van der Waals surface area contributed by atoms with Crippen LogP contribution in [0.3, 0.4) is 0 Å². The van der Waals surface area contributed by atoms with Crippen LogP contribution in [0.15, 0.2) is 12.1 Å². The number of rotatable bonds is 5. The molecular weight excluding hydrogens is 349 g/mol. The van der Waals surface area contributed by atoms with Crippen molar-refractivity contribution in [1.29, 1.82) is 0 Å². The van der Waals surface area contributed by atoms with Crippen LogP contribution in [0.1, 0.15) is 51.7 Å². The third kappa shape index (κ3) is 5.73. The van der Waals surface area contributed by atoms with Gasteiger partial charge in [-0.2, -0.15) is 0 Å². The molecule has 6 nitrogen and oxygen atoms in total. The van der Waals surface area contributed by atoms with E-state index in [4.69, 9.17) is 0 Å². The summed E-state index contributed by atoms with van der Waals surface area (Å²) in [6.07, 6.45) is 1.40. The highest BCUT2D eigenvalue weighted by Gasteiger charge is 2.28. The number of nitrogens with zero attached hydrogens (tertiary/aromatic N) is 3. The molecule has 1 aliphatic heterocycles. The minimum atomic E-state index is -0.591. The predicted octanol–water partition coefficient (Wildman–Crippen LogP) is 3.90. The summed E-state index contributed by atoms with van der Waals surface area (Å²) in [5.74, 6) is -0.416. The zero-order valence-corrected chi connectivity index (χ0v) is 16.9. The number of hydrogen-bond donors (Lipinski definition) is 0. The zero-order valence-electron chi connectivity index (χ0n) is 16.9. The Bertz CT molecular complexity index is 715. The Morgan fingerprint density at radius 2 is 2.00 bits per heavy atom. The van der Waals surface area contributed by atoms with Gasteiger partial charge in [0, 0.05) is 44.2 Å². The Morgan fingerprint density at radius 1 is 1.33 bits per heavy atom. The van der Waals surface area contributed by atoms with Crippen LogP contribution in [0.2, 0.25) is 0 Å². The van der Waals surface area contributed by atoms with Crippen molar-refractivity contribution >= 4 is 11.6 Å². The summed E-state index contributed by atoms with van der Waals surface area (Å²) in [4.78, 5) is 27.1. The monoisotopic (exact) mass is 379 g/mol. The second-order valence-corrected chi connectivity index (χ2v) is 8.70. The van der Waals surface area contributed by atoms with Gasteiger partial charge < -0.3 is 4.90 Å². The fourth-order valence-electron chi connectivity index (χ4n) is 3.49. The fraction of sp³-hybridized carbons (Fsp3) is 0.650. The lowest BCUT2D eigenvalue weighted by molar-refractivity contribution is -0.385. The number of nitro benzene ring substituents is 1. The average Bonchev–Trinajstić information content (AvgIpc) is 2.55. The molecule has 1 amide bonds. The van der Waals surface area contributed by atoms with Gasteiger partial charge in [-0.25, -0.2) is 4.39 Å². The van der Waals surface area contributed by atoms with Crippen LogP contribution in [0.25, 0.3) is 0 Å². The van der Waals surface area contributed by atoms with Crippen LogP contribution in [-0.4, -0.2) is 46.3 Å². The maximum Gasteiger partial charge on any atom is 0.275 e. The molecule has 0 bridgehead atoms. The standard InChI is InChI=1S/C20H30FN3O3/c1-14-12-22(8-9-23(14)19(25)6-7-20(3,4)5)13-16-10-17(21)11-18(15(16)2)24(26)27/h10-11,14H,6-9,12-13H2,1-5H3/t14-/m0/s1. The number of nitro groups is 1. The van der Waals surface area contributed by atoms with Crippen molar-refractivity contribution in [3.05, 3.63) is 39.2 Å². The van der Waals surface area contributed by atoms with E-state index in [1.54, 1.807) is 6.92 Å². The number of carbonyl (C=O) groups excluding carboxylic acids is 1. The van der Waals surface area contributed by atoms with Crippen LogP contribution in [0.4, 0.5) is 10.1 Å². The van der Waals surface area contributed by atoms with Gasteiger partial charge in [-0.15, -0.1) is 0 Å². The second-order valence-electron chi connectivity index (χ2n) is 8.70. The Kier molecular flexibility index (Phi) is 6.57.